The third kappa shape index (κ3) is 4.77. The number of nitrogens with one attached hydrogen (secondary N) is 2. The Morgan fingerprint density at radius 2 is 1.77 bits per heavy atom. The molecular formula is C22H24FN3O4S. The Labute approximate surface area is 180 Å². The molecule has 4 rings (SSSR count). The molecule has 2 aliphatic rings. The summed E-state index contributed by atoms with van der Waals surface area (Å²) >= 11 is 0. The summed E-state index contributed by atoms with van der Waals surface area (Å²) in [4.78, 5) is 24.4. The van der Waals surface area contributed by atoms with Crippen LogP contribution in [-0.2, 0) is 26.0 Å². The van der Waals surface area contributed by atoms with Gasteiger partial charge in [-0.2, -0.15) is 4.31 Å². The van der Waals surface area contributed by atoms with Crippen molar-refractivity contribution in [1.82, 2.24) is 4.31 Å². The van der Waals surface area contributed by atoms with E-state index < -0.39 is 10.0 Å². The number of piperidine rings is 1. The molecule has 2 aliphatic heterocycles. The first kappa shape index (κ1) is 21.5. The average Bonchev–Trinajstić information content (AvgIpc) is 2.95. The van der Waals surface area contributed by atoms with E-state index in [0.29, 0.717) is 43.5 Å². The molecule has 1 fully saturated rings. The Morgan fingerprint density at radius 3 is 2.48 bits per heavy atom. The summed E-state index contributed by atoms with van der Waals surface area (Å²) in [6.07, 6.45) is 2.56. The molecule has 0 atom stereocenters. The van der Waals surface area contributed by atoms with Gasteiger partial charge in [0, 0.05) is 36.8 Å². The number of halogens is 1. The van der Waals surface area contributed by atoms with Crippen molar-refractivity contribution in [1.29, 1.82) is 0 Å². The molecule has 31 heavy (non-hydrogen) atoms. The topological polar surface area (TPSA) is 95.6 Å². The van der Waals surface area contributed by atoms with Crippen molar-refractivity contribution in [2.24, 2.45) is 5.92 Å². The molecule has 0 unspecified atom stereocenters. The predicted octanol–water partition coefficient (Wildman–Crippen LogP) is 3.14. The minimum atomic E-state index is -3.69. The molecule has 164 valence electrons. The van der Waals surface area contributed by atoms with Gasteiger partial charge in [0.15, 0.2) is 0 Å². The fourth-order valence-electron chi connectivity index (χ4n) is 4.00. The van der Waals surface area contributed by atoms with Gasteiger partial charge in [-0.25, -0.2) is 12.8 Å². The number of hydrogen-bond donors (Lipinski definition) is 2. The second-order valence-corrected chi connectivity index (χ2v) is 9.83. The van der Waals surface area contributed by atoms with Crippen molar-refractivity contribution in [3.05, 3.63) is 53.8 Å². The van der Waals surface area contributed by atoms with Gasteiger partial charge in [-0.3, -0.25) is 9.59 Å². The fourth-order valence-corrected chi connectivity index (χ4v) is 5.52. The zero-order valence-corrected chi connectivity index (χ0v) is 17.8. The molecule has 0 aromatic heterocycles. The molecule has 2 N–H and O–H groups in total. The van der Waals surface area contributed by atoms with Crippen molar-refractivity contribution < 1.29 is 22.4 Å². The molecule has 2 aromatic carbocycles. The first-order chi connectivity index (χ1) is 14.8. The summed E-state index contributed by atoms with van der Waals surface area (Å²) < 4.78 is 40.7. The summed E-state index contributed by atoms with van der Waals surface area (Å²) in [5.41, 5.74) is 2.00. The molecule has 1 saturated heterocycles. The highest BCUT2D eigenvalue weighted by Crippen LogP contribution is 2.29. The fraction of sp³-hybridized carbons (Fsp3) is 0.364. The van der Waals surface area contributed by atoms with Crippen LogP contribution in [0.3, 0.4) is 0 Å². The molecule has 2 aromatic rings. The van der Waals surface area contributed by atoms with Crippen molar-refractivity contribution in [3.63, 3.8) is 0 Å². The second kappa shape index (κ2) is 8.76. The number of rotatable bonds is 4. The zero-order valence-electron chi connectivity index (χ0n) is 16.9. The van der Waals surface area contributed by atoms with E-state index in [4.69, 9.17) is 0 Å². The van der Waals surface area contributed by atoms with Gasteiger partial charge in [-0.15, -0.1) is 0 Å². The predicted molar refractivity (Wildman–Crippen MR) is 115 cm³/mol. The number of amides is 2. The lowest BCUT2D eigenvalue weighted by atomic mass is 9.97. The Morgan fingerprint density at radius 1 is 1.06 bits per heavy atom. The minimum Gasteiger partial charge on any atom is -0.326 e. The van der Waals surface area contributed by atoms with Gasteiger partial charge in [-0.05, 0) is 73.7 Å². The lowest BCUT2D eigenvalue weighted by Crippen LogP contribution is -2.41. The van der Waals surface area contributed by atoms with Crippen molar-refractivity contribution >= 4 is 33.2 Å². The van der Waals surface area contributed by atoms with Crippen LogP contribution < -0.4 is 10.6 Å². The van der Waals surface area contributed by atoms with Crippen molar-refractivity contribution in [2.75, 3.05) is 23.7 Å². The number of sulfonamides is 1. The van der Waals surface area contributed by atoms with Crippen LogP contribution in [0, 0.1) is 11.7 Å². The first-order valence-electron chi connectivity index (χ1n) is 10.3. The van der Waals surface area contributed by atoms with Gasteiger partial charge < -0.3 is 10.6 Å². The van der Waals surface area contributed by atoms with E-state index in [0.717, 1.165) is 5.56 Å². The Bertz CT molecular complexity index is 1090. The number of hydrogen-bond acceptors (Lipinski definition) is 4. The first-order valence-corrected chi connectivity index (χ1v) is 11.8. The van der Waals surface area contributed by atoms with Crippen LogP contribution in [-0.4, -0.2) is 37.6 Å². The Hall–Kier alpha value is -2.78. The molecule has 0 spiro atoms. The maximum absolute atomic E-state index is 13.1. The van der Waals surface area contributed by atoms with Gasteiger partial charge in [-0.1, -0.05) is 0 Å². The summed E-state index contributed by atoms with van der Waals surface area (Å²) in [7, 11) is -3.69. The summed E-state index contributed by atoms with van der Waals surface area (Å²) in [5, 5.41) is 5.57. The maximum Gasteiger partial charge on any atom is 0.243 e. The SMILES string of the molecule is O=C1CCCc2cc(S(=O)(=O)N3CCC(C(=O)Nc4ccc(F)cc4)CC3)ccc2N1. The highest BCUT2D eigenvalue weighted by molar-refractivity contribution is 7.89. The van der Waals surface area contributed by atoms with E-state index in [1.807, 2.05) is 0 Å². The molecule has 0 saturated carbocycles. The summed E-state index contributed by atoms with van der Waals surface area (Å²) in [5.74, 6) is -0.935. The molecule has 0 bridgehead atoms. The molecular weight excluding hydrogens is 421 g/mol. The second-order valence-electron chi connectivity index (χ2n) is 7.90. The van der Waals surface area contributed by atoms with Crippen LogP contribution in [0.5, 0.6) is 0 Å². The third-order valence-electron chi connectivity index (χ3n) is 5.78. The van der Waals surface area contributed by atoms with Gasteiger partial charge in [0.1, 0.15) is 5.82 Å². The van der Waals surface area contributed by atoms with E-state index in [-0.39, 0.29) is 41.5 Å². The lowest BCUT2D eigenvalue weighted by molar-refractivity contribution is -0.121. The lowest BCUT2D eigenvalue weighted by Gasteiger charge is -2.30. The quantitative estimate of drug-likeness (QED) is 0.756. The molecule has 7 nitrogen and oxygen atoms in total. The smallest absolute Gasteiger partial charge is 0.243 e. The number of fused-ring (bicyclic) bond motifs is 1. The van der Waals surface area contributed by atoms with Crippen LogP contribution in [0.25, 0.3) is 0 Å². The zero-order chi connectivity index (χ0) is 22.0. The average molecular weight is 446 g/mol. The van der Waals surface area contributed by atoms with E-state index in [2.05, 4.69) is 10.6 Å². The number of carbonyl (C=O) groups is 2. The number of aryl methyl sites for hydroxylation is 1. The Balaban J connectivity index is 1.41. The van der Waals surface area contributed by atoms with Crippen LogP contribution in [0.2, 0.25) is 0 Å². The molecule has 2 amide bonds. The standard InChI is InChI=1S/C22H24FN3O4S/c23-17-4-6-18(7-5-17)24-22(28)15-10-12-26(13-11-15)31(29,30)19-8-9-20-16(14-19)2-1-3-21(27)25-20/h4-9,14-15H,1-3,10-13H2,(H,24,28)(H,25,27). The largest absolute Gasteiger partial charge is 0.326 e. The number of nitrogens with zero attached hydrogens (tertiary/aromatic N) is 1. The summed E-state index contributed by atoms with van der Waals surface area (Å²) in [6.45, 7) is 0.495. The number of carbonyl (C=O) groups excluding carboxylic acids is 2. The third-order valence-corrected chi connectivity index (χ3v) is 7.67. The molecule has 0 aliphatic carbocycles. The highest BCUT2D eigenvalue weighted by Gasteiger charge is 2.32. The highest BCUT2D eigenvalue weighted by atomic mass is 32.2. The van der Waals surface area contributed by atoms with E-state index in [9.17, 15) is 22.4 Å². The molecule has 2 heterocycles. The van der Waals surface area contributed by atoms with E-state index in [1.165, 1.54) is 34.6 Å². The Kier molecular flexibility index (Phi) is 6.06. The minimum absolute atomic E-state index is 0.0599. The van der Waals surface area contributed by atoms with E-state index >= 15 is 0 Å². The number of benzene rings is 2. The van der Waals surface area contributed by atoms with Crippen LogP contribution in [0.1, 0.15) is 31.2 Å². The van der Waals surface area contributed by atoms with E-state index in [1.54, 1.807) is 12.1 Å². The van der Waals surface area contributed by atoms with Gasteiger partial charge in [0.2, 0.25) is 21.8 Å². The van der Waals surface area contributed by atoms with Crippen LogP contribution in [0.4, 0.5) is 15.8 Å². The van der Waals surface area contributed by atoms with Gasteiger partial charge >= 0.3 is 0 Å². The van der Waals surface area contributed by atoms with Gasteiger partial charge in [0.05, 0.1) is 4.90 Å². The number of anilines is 2. The normalized spacial score (nSPS) is 18.0. The van der Waals surface area contributed by atoms with Crippen molar-refractivity contribution in [3.8, 4) is 0 Å². The summed E-state index contributed by atoms with van der Waals surface area (Å²) in [6, 6.07) is 10.3. The molecule has 9 heteroatoms. The monoisotopic (exact) mass is 445 g/mol. The van der Waals surface area contributed by atoms with Gasteiger partial charge in [0.25, 0.3) is 0 Å². The maximum atomic E-state index is 13.1. The van der Waals surface area contributed by atoms with Crippen molar-refractivity contribution in [2.45, 2.75) is 37.0 Å². The van der Waals surface area contributed by atoms with Crippen LogP contribution in [0.15, 0.2) is 47.4 Å². The molecule has 0 radical (unpaired) electrons. The van der Waals surface area contributed by atoms with Crippen LogP contribution >= 0.6 is 0 Å².